The Bertz CT molecular complexity index is 303. The molecule has 14 heavy (non-hydrogen) atoms. The van der Waals surface area contributed by atoms with Crippen molar-refractivity contribution in [2.45, 2.75) is 25.8 Å². The molecule has 76 valence electrons. The van der Waals surface area contributed by atoms with Crippen LogP contribution >= 0.6 is 0 Å². The van der Waals surface area contributed by atoms with Crippen molar-refractivity contribution in [1.29, 1.82) is 0 Å². The van der Waals surface area contributed by atoms with Crippen LogP contribution in [-0.2, 0) is 0 Å². The first kappa shape index (κ1) is 9.53. The van der Waals surface area contributed by atoms with Crippen molar-refractivity contribution >= 4 is 5.69 Å². The zero-order valence-electron chi connectivity index (χ0n) is 8.66. The van der Waals surface area contributed by atoms with Crippen LogP contribution in [0.4, 0.5) is 5.69 Å². The first-order valence-corrected chi connectivity index (χ1v) is 5.31. The van der Waals surface area contributed by atoms with Crippen molar-refractivity contribution < 1.29 is 0 Å². The fourth-order valence-electron chi connectivity index (χ4n) is 1.98. The molecule has 2 heteroatoms. The number of anilines is 1. The minimum absolute atomic E-state index is 0.457. The molecular weight excluding hydrogens is 172 g/mol. The van der Waals surface area contributed by atoms with E-state index in [2.05, 4.69) is 36.5 Å². The van der Waals surface area contributed by atoms with Crippen LogP contribution in [0.15, 0.2) is 24.3 Å². The van der Waals surface area contributed by atoms with E-state index in [1.54, 1.807) is 0 Å². The largest absolute Gasteiger partial charge is 0.385 e. The molecule has 0 saturated heterocycles. The van der Waals surface area contributed by atoms with Gasteiger partial charge in [-0.2, -0.15) is 0 Å². The van der Waals surface area contributed by atoms with E-state index in [1.807, 2.05) is 0 Å². The van der Waals surface area contributed by atoms with E-state index in [0.29, 0.717) is 6.04 Å². The summed E-state index contributed by atoms with van der Waals surface area (Å²) in [7, 11) is 0. The van der Waals surface area contributed by atoms with Crippen LogP contribution in [0.25, 0.3) is 0 Å². The number of hydrogen-bond donors (Lipinski definition) is 2. The lowest BCUT2D eigenvalue weighted by Gasteiger charge is -2.32. The van der Waals surface area contributed by atoms with Crippen LogP contribution in [-0.4, -0.2) is 12.6 Å². The van der Waals surface area contributed by atoms with Gasteiger partial charge in [0.2, 0.25) is 0 Å². The van der Waals surface area contributed by atoms with Crippen molar-refractivity contribution in [1.82, 2.24) is 0 Å². The lowest BCUT2D eigenvalue weighted by molar-refractivity contribution is 0.280. The number of aryl methyl sites for hydroxylation is 1. The number of benzene rings is 1. The summed E-state index contributed by atoms with van der Waals surface area (Å²) < 4.78 is 0. The van der Waals surface area contributed by atoms with E-state index in [4.69, 9.17) is 5.73 Å². The Labute approximate surface area is 85.5 Å². The van der Waals surface area contributed by atoms with Gasteiger partial charge in [0.1, 0.15) is 0 Å². The second-order valence-electron chi connectivity index (χ2n) is 4.29. The quantitative estimate of drug-likeness (QED) is 0.766. The molecule has 0 atom stereocenters. The molecule has 1 fully saturated rings. The Balaban J connectivity index is 1.83. The second-order valence-corrected chi connectivity index (χ2v) is 4.29. The summed E-state index contributed by atoms with van der Waals surface area (Å²) >= 11 is 0. The molecule has 1 aliphatic rings. The topological polar surface area (TPSA) is 38.0 Å². The van der Waals surface area contributed by atoms with E-state index in [9.17, 15) is 0 Å². The van der Waals surface area contributed by atoms with Crippen molar-refractivity contribution in [3.63, 3.8) is 0 Å². The van der Waals surface area contributed by atoms with Gasteiger partial charge < -0.3 is 11.1 Å². The summed E-state index contributed by atoms with van der Waals surface area (Å²) in [5.41, 5.74) is 8.31. The maximum Gasteiger partial charge on any atom is 0.0369 e. The first-order chi connectivity index (χ1) is 6.75. The maximum absolute atomic E-state index is 5.74. The summed E-state index contributed by atoms with van der Waals surface area (Å²) in [5, 5.41) is 3.48. The molecule has 0 spiro atoms. The Morgan fingerprint density at radius 3 is 2.71 bits per heavy atom. The van der Waals surface area contributed by atoms with Crippen LogP contribution < -0.4 is 11.1 Å². The van der Waals surface area contributed by atoms with Gasteiger partial charge in [-0.15, -0.1) is 0 Å². The van der Waals surface area contributed by atoms with Gasteiger partial charge in [-0.05, 0) is 37.3 Å². The predicted molar refractivity (Wildman–Crippen MR) is 60.4 cm³/mol. The van der Waals surface area contributed by atoms with E-state index >= 15 is 0 Å². The third kappa shape index (κ3) is 2.07. The average molecular weight is 190 g/mol. The van der Waals surface area contributed by atoms with Crippen LogP contribution in [0.1, 0.15) is 18.4 Å². The number of para-hydroxylation sites is 1. The lowest BCUT2D eigenvalue weighted by atomic mass is 9.81. The molecule has 1 aromatic rings. The third-order valence-corrected chi connectivity index (χ3v) is 3.00. The summed E-state index contributed by atoms with van der Waals surface area (Å²) in [4.78, 5) is 0. The number of rotatable bonds is 3. The number of nitrogens with one attached hydrogen (secondary N) is 1. The Morgan fingerprint density at radius 2 is 2.07 bits per heavy atom. The first-order valence-electron chi connectivity index (χ1n) is 5.31. The SMILES string of the molecule is Cc1ccccc1NCC1CC(N)C1. The number of hydrogen-bond acceptors (Lipinski definition) is 2. The van der Waals surface area contributed by atoms with E-state index in [-0.39, 0.29) is 0 Å². The van der Waals surface area contributed by atoms with Crippen molar-refractivity contribution in [3.05, 3.63) is 29.8 Å². The third-order valence-electron chi connectivity index (χ3n) is 3.00. The molecule has 0 bridgehead atoms. The molecule has 0 heterocycles. The molecule has 2 rings (SSSR count). The molecule has 0 aliphatic heterocycles. The molecule has 1 aromatic carbocycles. The average Bonchev–Trinajstić information content (AvgIpc) is 2.13. The van der Waals surface area contributed by atoms with Crippen molar-refractivity contribution in [2.75, 3.05) is 11.9 Å². The van der Waals surface area contributed by atoms with E-state index in [1.165, 1.54) is 24.1 Å². The Hall–Kier alpha value is -1.02. The predicted octanol–water partition coefficient (Wildman–Crippen LogP) is 2.14. The molecule has 3 N–H and O–H groups in total. The fourth-order valence-corrected chi connectivity index (χ4v) is 1.98. The smallest absolute Gasteiger partial charge is 0.0369 e. The molecule has 0 unspecified atom stereocenters. The monoisotopic (exact) mass is 190 g/mol. The standard InChI is InChI=1S/C12H18N2/c1-9-4-2-3-5-12(9)14-8-10-6-11(13)7-10/h2-5,10-11,14H,6-8,13H2,1H3. The van der Waals surface area contributed by atoms with Crippen LogP contribution in [0.5, 0.6) is 0 Å². The van der Waals surface area contributed by atoms with Gasteiger partial charge in [0, 0.05) is 18.3 Å². The minimum atomic E-state index is 0.457. The normalized spacial score (nSPS) is 25.6. The summed E-state index contributed by atoms with van der Waals surface area (Å²) in [5.74, 6) is 0.782. The molecule has 0 aromatic heterocycles. The zero-order valence-corrected chi connectivity index (χ0v) is 8.66. The van der Waals surface area contributed by atoms with E-state index < -0.39 is 0 Å². The highest BCUT2D eigenvalue weighted by atomic mass is 14.9. The van der Waals surface area contributed by atoms with Gasteiger partial charge in [-0.3, -0.25) is 0 Å². The van der Waals surface area contributed by atoms with Gasteiger partial charge in [-0.25, -0.2) is 0 Å². The van der Waals surface area contributed by atoms with Crippen molar-refractivity contribution in [2.24, 2.45) is 11.7 Å². The van der Waals surface area contributed by atoms with E-state index in [0.717, 1.165) is 12.5 Å². The molecule has 1 aliphatic carbocycles. The number of nitrogens with two attached hydrogens (primary N) is 1. The van der Waals surface area contributed by atoms with Crippen LogP contribution in [0.3, 0.4) is 0 Å². The highest BCUT2D eigenvalue weighted by molar-refractivity contribution is 5.50. The molecule has 2 nitrogen and oxygen atoms in total. The lowest BCUT2D eigenvalue weighted by Crippen LogP contribution is -2.39. The fraction of sp³-hybridized carbons (Fsp3) is 0.500. The Morgan fingerprint density at radius 1 is 1.36 bits per heavy atom. The molecule has 0 amide bonds. The van der Waals surface area contributed by atoms with Gasteiger partial charge >= 0.3 is 0 Å². The van der Waals surface area contributed by atoms with Crippen LogP contribution in [0, 0.1) is 12.8 Å². The molecule has 1 saturated carbocycles. The summed E-state index contributed by atoms with van der Waals surface area (Å²) in [6.45, 7) is 3.20. The van der Waals surface area contributed by atoms with Gasteiger partial charge in [0.15, 0.2) is 0 Å². The van der Waals surface area contributed by atoms with Gasteiger partial charge in [-0.1, -0.05) is 18.2 Å². The highest BCUT2D eigenvalue weighted by Gasteiger charge is 2.25. The summed E-state index contributed by atoms with van der Waals surface area (Å²) in [6, 6.07) is 8.86. The van der Waals surface area contributed by atoms with Crippen molar-refractivity contribution in [3.8, 4) is 0 Å². The minimum Gasteiger partial charge on any atom is -0.385 e. The van der Waals surface area contributed by atoms with Gasteiger partial charge in [0.05, 0.1) is 0 Å². The zero-order chi connectivity index (χ0) is 9.97. The Kier molecular flexibility index (Phi) is 2.73. The summed E-state index contributed by atoms with van der Waals surface area (Å²) in [6.07, 6.45) is 2.36. The van der Waals surface area contributed by atoms with Gasteiger partial charge in [0.25, 0.3) is 0 Å². The maximum atomic E-state index is 5.74. The highest BCUT2D eigenvalue weighted by Crippen LogP contribution is 2.26. The molecular formula is C12H18N2. The molecule has 0 radical (unpaired) electrons. The second kappa shape index (κ2) is 4.01. The van der Waals surface area contributed by atoms with Crippen LogP contribution in [0.2, 0.25) is 0 Å².